The molecule has 1 fully saturated rings. The SMILES string of the molecule is COC(=O)C1=C(C)NC(=S)NC1c1ccc(O[C@@H]2O[C@H](COC(C)=O)[C@@H](OC(C)=O)[C@@H](OC(C)=O)[C@H]2OC(C)=O)cc1. The molecule has 2 heterocycles. The number of hydrogen-bond donors (Lipinski definition) is 2. The standard InChI is InChI=1S/C27H32N2O12S/c1-12-20(25(34)35-6)21(29-27(42)28-12)17-7-9-18(10-8-17)40-26-24(39-16(5)33)23(38-15(4)32)22(37-14(3)31)19(41-26)11-36-13(2)30/h7-10,19,21-24,26H,11H2,1-6H3,(H2,28,29,42)/t19-,21?,22-,23-,24-,26-/m1/s1. The summed E-state index contributed by atoms with van der Waals surface area (Å²) in [6.07, 6.45) is -6.62. The summed E-state index contributed by atoms with van der Waals surface area (Å²) in [6, 6.07) is 5.86. The number of ether oxygens (including phenoxy) is 7. The number of nitrogens with one attached hydrogen (secondary N) is 2. The molecule has 2 N–H and O–H groups in total. The van der Waals surface area contributed by atoms with Crippen molar-refractivity contribution in [3.63, 3.8) is 0 Å². The lowest BCUT2D eigenvalue weighted by atomic mass is 9.95. The average molecular weight is 609 g/mol. The second kappa shape index (κ2) is 14.1. The van der Waals surface area contributed by atoms with Gasteiger partial charge in [0.2, 0.25) is 12.4 Å². The van der Waals surface area contributed by atoms with Gasteiger partial charge in [0.15, 0.2) is 17.3 Å². The van der Waals surface area contributed by atoms with Gasteiger partial charge in [-0.15, -0.1) is 0 Å². The zero-order valence-corrected chi connectivity index (χ0v) is 24.6. The van der Waals surface area contributed by atoms with Crippen LogP contribution in [0.5, 0.6) is 5.75 Å². The number of benzene rings is 1. The molecule has 2 aliphatic heterocycles. The molecule has 1 aromatic rings. The minimum atomic E-state index is -1.39. The predicted molar refractivity (Wildman–Crippen MR) is 145 cm³/mol. The highest BCUT2D eigenvalue weighted by Gasteiger charge is 2.53. The Morgan fingerprint density at radius 3 is 1.98 bits per heavy atom. The van der Waals surface area contributed by atoms with E-state index in [9.17, 15) is 24.0 Å². The van der Waals surface area contributed by atoms with Gasteiger partial charge in [0.25, 0.3) is 0 Å². The van der Waals surface area contributed by atoms with Crippen molar-refractivity contribution in [2.75, 3.05) is 13.7 Å². The third-order valence-corrected chi connectivity index (χ3v) is 6.31. The van der Waals surface area contributed by atoms with Crippen LogP contribution in [0.15, 0.2) is 35.5 Å². The highest BCUT2D eigenvalue weighted by Crippen LogP contribution is 2.33. The Labute approximate surface area is 246 Å². The molecule has 0 saturated carbocycles. The second-order valence-electron chi connectivity index (χ2n) is 9.32. The quantitative estimate of drug-likeness (QED) is 0.232. The summed E-state index contributed by atoms with van der Waals surface area (Å²) in [4.78, 5) is 59.9. The minimum absolute atomic E-state index is 0.233. The topological polar surface area (TPSA) is 174 Å². The molecule has 1 unspecified atom stereocenters. The van der Waals surface area contributed by atoms with Gasteiger partial charge in [-0.1, -0.05) is 12.1 Å². The van der Waals surface area contributed by atoms with Crippen molar-refractivity contribution in [3.05, 3.63) is 41.1 Å². The van der Waals surface area contributed by atoms with Crippen LogP contribution >= 0.6 is 12.2 Å². The first-order valence-electron chi connectivity index (χ1n) is 12.7. The van der Waals surface area contributed by atoms with Crippen molar-refractivity contribution < 1.29 is 57.1 Å². The van der Waals surface area contributed by atoms with Crippen molar-refractivity contribution in [3.8, 4) is 5.75 Å². The number of allylic oxidation sites excluding steroid dienone is 1. The van der Waals surface area contributed by atoms with Gasteiger partial charge < -0.3 is 43.8 Å². The largest absolute Gasteiger partial charge is 0.466 e. The van der Waals surface area contributed by atoms with Crippen LogP contribution in [0.25, 0.3) is 0 Å². The second-order valence-corrected chi connectivity index (χ2v) is 9.72. The first kappa shape index (κ1) is 32.3. The Kier molecular flexibility index (Phi) is 10.8. The van der Waals surface area contributed by atoms with Crippen LogP contribution in [0.2, 0.25) is 0 Å². The van der Waals surface area contributed by atoms with Crippen molar-refractivity contribution in [1.82, 2.24) is 10.6 Å². The number of esters is 5. The van der Waals surface area contributed by atoms with Crippen molar-refractivity contribution in [1.29, 1.82) is 0 Å². The molecular formula is C27H32N2O12S. The number of hydrogen-bond acceptors (Lipinski definition) is 13. The molecule has 15 heteroatoms. The van der Waals surface area contributed by atoms with Crippen molar-refractivity contribution >= 4 is 47.2 Å². The highest BCUT2D eigenvalue weighted by molar-refractivity contribution is 7.80. The summed E-state index contributed by atoms with van der Waals surface area (Å²) in [6.45, 7) is 5.88. The molecule has 228 valence electrons. The van der Waals surface area contributed by atoms with Crippen molar-refractivity contribution in [2.45, 2.75) is 71.4 Å². The molecule has 42 heavy (non-hydrogen) atoms. The summed E-state index contributed by atoms with van der Waals surface area (Å²) in [5, 5.41) is 6.26. The van der Waals surface area contributed by atoms with Gasteiger partial charge in [0.05, 0.1) is 18.7 Å². The van der Waals surface area contributed by atoms with E-state index in [0.29, 0.717) is 21.9 Å². The summed E-state index contributed by atoms with van der Waals surface area (Å²) >= 11 is 5.25. The van der Waals surface area contributed by atoms with E-state index in [1.54, 1.807) is 31.2 Å². The van der Waals surface area contributed by atoms with Gasteiger partial charge >= 0.3 is 29.8 Å². The normalized spacial score (nSPS) is 25.2. The molecule has 0 aromatic heterocycles. The number of carbonyl (C=O) groups is 5. The third kappa shape index (κ3) is 8.16. The van der Waals surface area contributed by atoms with E-state index in [1.807, 2.05) is 0 Å². The maximum Gasteiger partial charge on any atom is 0.337 e. The number of rotatable bonds is 9. The van der Waals surface area contributed by atoms with Gasteiger partial charge in [-0.2, -0.15) is 0 Å². The predicted octanol–water partition coefficient (Wildman–Crippen LogP) is 1.11. The van der Waals surface area contributed by atoms with Gasteiger partial charge in [0, 0.05) is 33.4 Å². The summed E-state index contributed by atoms with van der Waals surface area (Å²) in [7, 11) is 1.27. The molecule has 1 saturated heterocycles. The van der Waals surface area contributed by atoms with Crippen LogP contribution in [-0.4, -0.2) is 79.4 Å². The molecule has 14 nitrogen and oxygen atoms in total. The fourth-order valence-electron chi connectivity index (χ4n) is 4.48. The van der Waals surface area contributed by atoms with Gasteiger partial charge in [-0.3, -0.25) is 19.2 Å². The molecule has 2 aliphatic rings. The lowest BCUT2D eigenvalue weighted by molar-refractivity contribution is -0.288. The minimum Gasteiger partial charge on any atom is -0.466 e. The van der Waals surface area contributed by atoms with E-state index in [0.717, 1.165) is 20.8 Å². The number of methoxy groups -OCH3 is 1. The maximum atomic E-state index is 12.5. The van der Waals surface area contributed by atoms with Crippen LogP contribution < -0.4 is 15.4 Å². The zero-order valence-electron chi connectivity index (χ0n) is 23.8. The van der Waals surface area contributed by atoms with E-state index < -0.39 is 66.6 Å². The molecule has 0 amide bonds. The molecule has 1 aromatic carbocycles. The van der Waals surface area contributed by atoms with Crippen LogP contribution in [0, 0.1) is 0 Å². The van der Waals surface area contributed by atoms with Crippen LogP contribution in [0.3, 0.4) is 0 Å². The Hall–Kier alpha value is -4.24. The molecule has 0 spiro atoms. The van der Waals surface area contributed by atoms with Crippen LogP contribution in [0.1, 0.15) is 46.2 Å². The van der Waals surface area contributed by atoms with Crippen LogP contribution in [-0.2, 0) is 52.4 Å². The zero-order chi connectivity index (χ0) is 31.1. The monoisotopic (exact) mass is 608 g/mol. The third-order valence-electron chi connectivity index (χ3n) is 6.09. The Morgan fingerprint density at radius 1 is 0.857 bits per heavy atom. The molecule has 6 atom stereocenters. The van der Waals surface area contributed by atoms with Crippen LogP contribution in [0.4, 0.5) is 0 Å². The molecule has 3 rings (SSSR count). The smallest absolute Gasteiger partial charge is 0.337 e. The van der Waals surface area contributed by atoms with E-state index in [4.69, 9.17) is 45.4 Å². The lowest BCUT2D eigenvalue weighted by Gasteiger charge is -2.43. The first-order chi connectivity index (χ1) is 19.8. The lowest BCUT2D eigenvalue weighted by Crippen LogP contribution is -2.63. The molecule has 0 bridgehead atoms. The molecular weight excluding hydrogens is 576 g/mol. The number of carbonyl (C=O) groups excluding carboxylic acids is 5. The fourth-order valence-corrected chi connectivity index (χ4v) is 4.75. The Balaban J connectivity index is 1.95. The Morgan fingerprint density at radius 2 is 1.43 bits per heavy atom. The average Bonchev–Trinajstić information content (AvgIpc) is 2.89. The van der Waals surface area contributed by atoms with Gasteiger partial charge in [0.1, 0.15) is 18.5 Å². The van der Waals surface area contributed by atoms with Crippen molar-refractivity contribution in [2.24, 2.45) is 0 Å². The van der Waals surface area contributed by atoms with E-state index in [-0.39, 0.29) is 12.4 Å². The fraction of sp³-hybridized carbons (Fsp3) is 0.481. The first-order valence-corrected chi connectivity index (χ1v) is 13.1. The van der Waals surface area contributed by atoms with Gasteiger partial charge in [-0.05, 0) is 36.8 Å². The summed E-state index contributed by atoms with van der Waals surface area (Å²) < 4.78 is 38.2. The maximum absolute atomic E-state index is 12.5. The van der Waals surface area contributed by atoms with Gasteiger partial charge in [-0.25, -0.2) is 4.79 Å². The number of thiocarbonyl (C=S) groups is 1. The summed E-state index contributed by atoms with van der Waals surface area (Å²) in [5.74, 6) is -3.21. The van der Waals surface area contributed by atoms with E-state index in [1.165, 1.54) is 14.0 Å². The van der Waals surface area contributed by atoms with E-state index in [2.05, 4.69) is 10.6 Å². The molecule has 0 aliphatic carbocycles. The highest BCUT2D eigenvalue weighted by atomic mass is 32.1. The summed E-state index contributed by atoms with van der Waals surface area (Å²) in [5.41, 5.74) is 1.51. The van der Waals surface area contributed by atoms with E-state index >= 15 is 0 Å². The molecule has 0 radical (unpaired) electrons. The Bertz CT molecular complexity index is 1260.